The smallest absolute Gasteiger partial charge is 0.255 e. The molecule has 0 bridgehead atoms. The summed E-state index contributed by atoms with van der Waals surface area (Å²) >= 11 is 0. The van der Waals surface area contributed by atoms with Crippen molar-refractivity contribution in [1.29, 1.82) is 0 Å². The third-order valence-electron chi connectivity index (χ3n) is 4.19. The van der Waals surface area contributed by atoms with Gasteiger partial charge in [0, 0.05) is 29.7 Å². The highest BCUT2D eigenvalue weighted by atomic mass is 19.2. The molecule has 0 radical (unpaired) electrons. The van der Waals surface area contributed by atoms with E-state index in [1.165, 1.54) is 6.07 Å². The van der Waals surface area contributed by atoms with Gasteiger partial charge < -0.3 is 14.6 Å². The Morgan fingerprint density at radius 2 is 1.70 bits per heavy atom. The number of anilines is 1. The van der Waals surface area contributed by atoms with E-state index >= 15 is 0 Å². The summed E-state index contributed by atoms with van der Waals surface area (Å²) in [4.78, 5) is 20.9. The average Bonchev–Trinajstić information content (AvgIpc) is 3.26. The monoisotopic (exact) mass is 406 g/mol. The van der Waals surface area contributed by atoms with Gasteiger partial charge in [0.2, 0.25) is 5.88 Å². The zero-order valence-electron chi connectivity index (χ0n) is 15.8. The molecule has 8 heteroatoms. The molecular formula is C22H16F2N4O2. The number of hydrogen-bond donors (Lipinski definition) is 1. The Bertz CT molecular complexity index is 1190. The van der Waals surface area contributed by atoms with E-state index in [1.807, 2.05) is 29.1 Å². The number of amides is 1. The van der Waals surface area contributed by atoms with Crippen LogP contribution in [0.1, 0.15) is 16.2 Å². The number of nitrogens with one attached hydrogen (secondary N) is 1. The van der Waals surface area contributed by atoms with Gasteiger partial charge in [-0.15, -0.1) is 0 Å². The van der Waals surface area contributed by atoms with Crippen molar-refractivity contribution in [2.24, 2.45) is 0 Å². The summed E-state index contributed by atoms with van der Waals surface area (Å²) in [5.41, 5.74) is 0.493. The van der Waals surface area contributed by atoms with Crippen LogP contribution in [0.25, 0.3) is 5.82 Å². The van der Waals surface area contributed by atoms with Crippen molar-refractivity contribution >= 4 is 11.6 Å². The first kappa shape index (κ1) is 19.3. The summed E-state index contributed by atoms with van der Waals surface area (Å²) in [6, 6.07) is 15.1. The first-order chi connectivity index (χ1) is 14.5. The fourth-order valence-electron chi connectivity index (χ4n) is 2.76. The predicted octanol–water partition coefficient (Wildman–Crippen LogP) is 4.90. The van der Waals surface area contributed by atoms with Crippen molar-refractivity contribution in [3.63, 3.8) is 0 Å². The molecule has 4 rings (SSSR count). The molecule has 0 aliphatic heterocycles. The predicted molar refractivity (Wildman–Crippen MR) is 107 cm³/mol. The van der Waals surface area contributed by atoms with E-state index in [1.54, 1.807) is 37.3 Å². The van der Waals surface area contributed by atoms with Crippen LogP contribution in [0.15, 0.2) is 73.1 Å². The number of ether oxygens (including phenoxy) is 1. The van der Waals surface area contributed by atoms with Crippen LogP contribution < -0.4 is 10.1 Å². The maximum absolute atomic E-state index is 13.3. The third-order valence-corrected chi connectivity index (χ3v) is 4.19. The molecule has 4 aromatic rings. The van der Waals surface area contributed by atoms with Gasteiger partial charge in [0.05, 0.1) is 0 Å². The first-order valence-corrected chi connectivity index (χ1v) is 9.01. The summed E-state index contributed by atoms with van der Waals surface area (Å²) in [7, 11) is 0. The third kappa shape index (κ3) is 4.33. The second-order valence-electron chi connectivity index (χ2n) is 6.41. The van der Waals surface area contributed by atoms with E-state index in [0.29, 0.717) is 29.0 Å². The Kier molecular flexibility index (Phi) is 5.21. The molecule has 1 N–H and O–H groups in total. The molecule has 1 amide bonds. The molecule has 150 valence electrons. The van der Waals surface area contributed by atoms with E-state index in [2.05, 4.69) is 15.3 Å². The van der Waals surface area contributed by atoms with Crippen LogP contribution in [-0.4, -0.2) is 20.4 Å². The lowest BCUT2D eigenvalue weighted by Crippen LogP contribution is -2.12. The first-order valence-electron chi connectivity index (χ1n) is 9.01. The standard InChI is InChI=1S/C22H16F2N4O2/c1-14-25-20(28-10-2-3-11-28)13-21(26-14)30-17-7-5-16(6-8-17)27-22(29)15-4-9-18(23)19(24)12-15/h2-13H,1H3,(H,27,29). The van der Waals surface area contributed by atoms with Crippen LogP contribution in [0.4, 0.5) is 14.5 Å². The lowest BCUT2D eigenvalue weighted by atomic mass is 10.2. The molecule has 0 aliphatic carbocycles. The molecule has 0 spiro atoms. The molecule has 0 saturated heterocycles. The normalized spacial score (nSPS) is 10.6. The van der Waals surface area contributed by atoms with Crippen molar-refractivity contribution in [2.75, 3.05) is 5.32 Å². The number of rotatable bonds is 5. The van der Waals surface area contributed by atoms with Gasteiger partial charge >= 0.3 is 0 Å². The maximum Gasteiger partial charge on any atom is 0.255 e. The van der Waals surface area contributed by atoms with Gasteiger partial charge in [-0.2, -0.15) is 4.98 Å². The summed E-state index contributed by atoms with van der Waals surface area (Å²) in [6.45, 7) is 1.77. The lowest BCUT2D eigenvalue weighted by molar-refractivity contribution is 0.102. The molecule has 2 aromatic carbocycles. The van der Waals surface area contributed by atoms with Gasteiger partial charge in [0.15, 0.2) is 11.6 Å². The lowest BCUT2D eigenvalue weighted by Gasteiger charge is -2.10. The van der Waals surface area contributed by atoms with E-state index in [0.717, 1.165) is 12.1 Å². The largest absolute Gasteiger partial charge is 0.439 e. The van der Waals surface area contributed by atoms with Crippen LogP contribution in [-0.2, 0) is 0 Å². The number of aromatic nitrogens is 3. The minimum absolute atomic E-state index is 0.0169. The number of carbonyl (C=O) groups excluding carboxylic acids is 1. The van der Waals surface area contributed by atoms with Gasteiger partial charge in [-0.25, -0.2) is 13.8 Å². The molecular weight excluding hydrogens is 390 g/mol. The minimum atomic E-state index is -1.08. The maximum atomic E-state index is 13.3. The van der Waals surface area contributed by atoms with E-state index in [4.69, 9.17) is 4.74 Å². The van der Waals surface area contributed by atoms with Gasteiger partial charge in [-0.3, -0.25) is 4.79 Å². The van der Waals surface area contributed by atoms with E-state index in [-0.39, 0.29) is 5.56 Å². The van der Waals surface area contributed by atoms with Crippen molar-refractivity contribution < 1.29 is 18.3 Å². The highest BCUT2D eigenvalue weighted by molar-refractivity contribution is 6.04. The van der Waals surface area contributed by atoms with Gasteiger partial charge in [-0.05, 0) is 61.5 Å². The molecule has 30 heavy (non-hydrogen) atoms. The molecule has 2 heterocycles. The Morgan fingerprint density at radius 3 is 2.40 bits per heavy atom. The summed E-state index contributed by atoms with van der Waals surface area (Å²) in [5, 5.41) is 2.62. The molecule has 0 atom stereocenters. The van der Waals surface area contributed by atoms with Gasteiger partial charge in [0.1, 0.15) is 17.4 Å². The highest BCUT2D eigenvalue weighted by Gasteiger charge is 2.11. The molecule has 2 aromatic heterocycles. The van der Waals surface area contributed by atoms with Gasteiger partial charge in [0.25, 0.3) is 5.91 Å². The molecule has 0 saturated carbocycles. The van der Waals surface area contributed by atoms with Crippen LogP contribution in [0.5, 0.6) is 11.6 Å². The summed E-state index contributed by atoms with van der Waals surface area (Å²) < 4.78 is 34.0. The Balaban J connectivity index is 1.46. The molecule has 0 aliphatic rings. The number of benzene rings is 2. The van der Waals surface area contributed by atoms with Crippen molar-refractivity contribution in [2.45, 2.75) is 6.92 Å². The minimum Gasteiger partial charge on any atom is -0.439 e. The van der Waals surface area contributed by atoms with Crippen LogP contribution in [0.3, 0.4) is 0 Å². The van der Waals surface area contributed by atoms with E-state index in [9.17, 15) is 13.6 Å². The van der Waals surface area contributed by atoms with Crippen molar-refractivity contribution in [3.05, 3.63) is 96.1 Å². The molecule has 0 fully saturated rings. The number of hydrogen-bond acceptors (Lipinski definition) is 4. The topological polar surface area (TPSA) is 69.0 Å². The number of halogens is 2. The highest BCUT2D eigenvalue weighted by Crippen LogP contribution is 2.23. The van der Waals surface area contributed by atoms with Crippen molar-refractivity contribution in [1.82, 2.24) is 14.5 Å². The average molecular weight is 406 g/mol. The number of carbonyl (C=O) groups is 1. The second kappa shape index (κ2) is 8.12. The molecule has 0 unspecified atom stereocenters. The van der Waals surface area contributed by atoms with Crippen LogP contribution in [0.2, 0.25) is 0 Å². The Hall–Kier alpha value is -4.07. The van der Waals surface area contributed by atoms with Crippen LogP contribution in [0, 0.1) is 18.6 Å². The zero-order chi connectivity index (χ0) is 21.1. The summed E-state index contributed by atoms with van der Waals surface area (Å²) in [5.74, 6) is -0.504. The zero-order valence-corrected chi connectivity index (χ0v) is 15.8. The molecule has 6 nitrogen and oxygen atoms in total. The Labute approximate surface area is 170 Å². The van der Waals surface area contributed by atoms with Gasteiger partial charge in [-0.1, -0.05) is 0 Å². The van der Waals surface area contributed by atoms with E-state index < -0.39 is 17.5 Å². The number of nitrogens with zero attached hydrogens (tertiary/aromatic N) is 3. The van der Waals surface area contributed by atoms with Crippen LogP contribution >= 0.6 is 0 Å². The second-order valence-corrected chi connectivity index (χ2v) is 6.41. The Morgan fingerprint density at radius 1 is 0.967 bits per heavy atom. The fourth-order valence-corrected chi connectivity index (χ4v) is 2.76. The summed E-state index contributed by atoms with van der Waals surface area (Å²) in [6.07, 6.45) is 3.74. The van der Waals surface area contributed by atoms with Crippen molar-refractivity contribution in [3.8, 4) is 17.4 Å². The number of aryl methyl sites for hydroxylation is 1. The quantitative estimate of drug-likeness (QED) is 0.512. The SMILES string of the molecule is Cc1nc(Oc2ccc(NC(=O)c3ccc(F)c(F)c3)cc2)cc(-n2cccc2)n1. The fraction of sp³-hybridized carbons (Fsp3) is 0.0455.